The van der Waals surface area contributed by atoms with Crippen molar-refractivity contribution in [3.63, 3.8) is 0 Å². The van der Waals surface area contributed by atoms with Crippen LogP contribution in [0.5, 0.6) is 0 Å². The molecule has 0 N–H and O–H groups in total. The van der Waals surface area contributed by atoms with Crippen LogP contribution in [0.1, 0.15) is 40.0 Å². The van der Waals surface area contributed by atoms with E-state index in [4.69, 9.17) is 0 Å². The maximum Gasteiger partial charge on any atom is 0.416 e. The normalized spacial score (nSPS) is 11.8. The van der Waals surface area contributed by atoms with E-state index in [1.807, 2.05) is 100 Å². The second-order valence-electron chi connectivity index (χ2n) is 15.1. The second-order valence-corrected chi connectivity index (χ2v) is 15.1. The van der Waals surface area contributed by atoms with Gasteiger partial charge >= 0.3 is 6.18 Å². The molecule has 0 aliphatic rings. The molecule has 0 radical (unpaired) electrons. The van der Waals surface area contributed by atoms with Gasteiger partial charge in [0.1, 0.15) is 23.3 Å². The molecule has 6 aromatic carbocycles. The molecule has 10 aromatic rings. The number of alkyl halides is 3. The molecular formula is C49H31F3N10. The Kier molecular flexibility index (Phi) is 8.68. The van der Waals surface area contributed by atoms with Crippen molar-refractivity contribution in [3.8, 4) is 57.4 Å². The lowest BCUT2D eigenvalue weighted by atomic mass is 9.94. The van der Waals surface area contributed by atoms with E-state index in [0.717, 1.165) is 44.7 Å². The molecule has 62 heavy (non-hydrogen) atoms. The van der Waals surface area contributed by atoms with E-state index >= 15 is 0 Å². The average molecular weight is 817 g/mol. The average Bonchev–Trinajstić information content (AvgIpc) is 3.76. The third-order valence-corrected chi connectivity index (χ3v) is 11.0. The number of aryl methyl sites for hydroxylation is 4. The summed E-state index contributed by atoms with van der Waals surface area (Å²) < 4.78 is 48.4. The van der Waals surface area contributed by atoms with E-state index in [1.54, 1.807) is 39.8 Å². The topological polar surface area (TPSA) is 135 Å². The fourth-order valence-electron chi connectivity index (χ4n) is 8.55. The van der Waals surface area contributed by atoms with Gasteiger partial charge in [-0.15, -0.1) is 0 Å². The molecule has 4 aromatic heterocycles. The number of rotatable bonds is 5. The lowest BCUT2D eigenvalue weighted by molar-refractivity contribution is -0.137. The maximum atomic E-state index is 14.8. The van der Waals surface area contributed by atoms with Crippen molar-refractivity contribution in [2.24, 2.45) is 0 Å². The summed E-state index contributed by atoms with van der Waals surface area (Å²) in [6, 6.07) is 38.3. The lowest BCUT2D eigenvalue weighted by Gasteiger charge is -2.22. The highest BCUT2D eigenvalue weighted by Gasteiger charge is 2.33. The van der Waals surface area contributed by atoms with Gasteiger partial charge in [0.25, 0.3) is 0 Å². The lowest BCUT2D eigenvalue weighted by Crippen LogP contribution is -2.08. The largest absolute Gasteiger partial charge is 0.416 e. The Morgan fingerprint density at radius 1 is 0.452 bits per heavy atom. The van der Waals surface area contributed by atoms with Crippen LogP contribution in [0, 0.1) is 50.4 Å². The zero-order chi connectivity index (χ0) is 43.0. The number of para-hydroxylation sites is 2. The molecule has 13 heteroatoms. The molecule has 0 fully saturated rings. The number of nitriles is 2. The standard InChI is InChI=1S/C49H31F3N10/c1-26-55-27(2)58-47(57-26)32-13-15-38-36-9-5-7-11-40(36)61(42(38)22-32)44-19-31(25-54)20-45(46(44)34-17-30(24-53)18-35(21-34)49(50,51)52)62-41-12-8-6-10-37(41)39-16-14-33(23-43(39)62)48-59-28(3)56-29(4)60-48/h5-23H,1-4H3. The van der Waals surface area contributed by atoms with Gasteiger partial charge in [-0.2, -0.15) is 23.7 Å². The number of hydrogen-bond acceptors (Lipinski definition) is 8. The first-order valence-electron chi connectivity index (χ1n) is 19.6. The molecule has 298 valence electrons. The highest BCUT2D eigenvalue weighted by molar-refractivity contribution is 6.13. The zero-order valence-corrected chi connectivity index (χ0v) is 33.6. The van der Waals surface area contributed by atoms with E-state index in [1.165, 1.54) is 6.07 Å². The smallest absolute Gasteiger partial charge is 0.308 e. The van der Waals surface area contributed by atoms with Gasteiger partial charge in [0, 0.05) is 38.2 Å². The first kappa shape index (κ1) is 37.9. The van der Waals surface area contributed by atoms with Crippen LogP contribution in [-0.4, -0.2) is 39.0 Å². The second kappa shape index (κ2) is 14.2. The fourth-order valence-corrected chi connectivity index (χ4v) is 8.55. The molecule has 0 atom stereocenters. The summed E-state index contributed by atoms with van der Waals surface area (Å²) in [7, 11) is 0. The van der Waals surface area contributed by atoms with Crippen molar-refractivity contribution in [1.29, 1.82) is 10.5 Å². The molecular weight excluding hydrogens is 786 g/mol. The highest BCUT2D eigenvalue weighted by atomic mass is 19.4. The molecule has 0 amide bonds. The Morgan fingerprint density at radius 3 is 1.31 bits per heavy atom. The van der Waals surface area contributed by atoms with Crippen molar-refractivity contribution in [3.05, 3.63) is 155 Å². The highest BCUT2D eigenvalue weighted by Crippen LogP contribution is 2.45. The summed E-state index contributed by atoms with van der Waals surface area (Å²) in [4.78, 5) is 27.2. The Labute approximate surface area is 351 Å². The number of aromatic nitrogens is 8. The zero-order valence-electron chi connectivity index (χ0n) is 33.6. The van der Waals surface area contributed by atoms with Crippen LogP contribution in [0.25, 0.3) is 88.9 Å². The summed E-state index contributed by atoms with van der Waals surface area (Å²) in [5.41, 5.74) is 4.66. The molecule has 10 rings (SSSR count). The van der Waals surface area contributed by atoms with Crippen LogP contribution in [0.2, 0.25) is 0 Å². The Hall–Kier alpha value is -8.29. The van der Waals surface area contributed by atoms with Gasteiger partial charge in [-0.25, -0.2) is 29.9 Å². The summed E-state index contributed by atoms with van der Waals surface area (Å²) in [6.07, 6.45) is -4.78. The van der Waals surface area contributed by atoms with Crippen molar-refractivity contribution < 1.29 is 13.2 Å². The van der Waals surface area contributed by atoms with Gasteiger partial charge in [0.2, 0.25) is 0 Å². The van der Waals surface area contributed by atoms with Crippen molar-refractivity contribution >= 4 is 43.6 Å². The summed E-state index contributed by atoms with van der Waals surface area (Å²) in [5, 5.41) is 24.5. The Bertz CT molecular complexity index is 3370. The number of benzene rings is 6. The molecule has 0 aliphatic carbocycles. The third-order valence-electron chi connectivity index (χ3n) is 11.0. The minimum Gasteiger partial charge on any atom is -0.308 e. The van der Waals surface area contributed by atoms with Gasteiger partial charge in [-0.1, -0.05) is 60.7 Å². The van der Waals surface area contributed by atoms with Crippen molar-refractivity contribution in [2.75, 3.05) is 0 Å². The number of halogens is 3. The summed E-state index contributed by atoms with van der Waals surface area (Å²) in [6.45, 7) is 7.18. The van der Waals surface area contributed by atoms with Crippen molar-refractivity contribution in [2.45, 2.75) is 33.9 Å². The monoisotopic (exact) mass is 816 g/mol. The van der Waals surface area contributed by atoms with E-state index in [9.17, 15) is 23.7 Å². The molecule has 0 unspecified atom stereocenters. The number of nitrogens with zero attached hydrogens (tertiary/aromatic N) is 10. The van der Waals surface area contributed by atoms with E-state index in [2.05, 4.69) is 36.0 Å². The molecule has 0 aliphatic heterocycles. The SMILES string of the molecule is Cc1nc(C)nc(-c2ccc3c4ccccc4n(-c4cc(C#N)cc(-n5c6ccccc6c6ccc(-c7nc(C)nc(C)n7)cc65)c4-c4cc(C#N)cc(C(F)(F)F)c4)c3c2)n1. The van der Waals surface area contributed by atoms with E-state index < -0.39 is 11.7 Å². The molecule has 0 spiro atoms. The minimum atomic E-state index is -4.78. The summed E-state index contributed by atoms with van der Waals surface area (Å²) >= 11 is 0. The third kappa shape index (κ3) is 6.26. The van der Waals surface area contributed by atoms with E-state index in [0.29, 0.717) is 74.0 Å². The molecule has 0 saturated heterocycles. The van der Waals surface area contributed by atoms with Crippen LogP contribution >= 0.6 is 0 Å². The fraction of sp³-hybridized carbons (Fsp3) is 0.102. The molecule has 0 bridgehead atoms. The van der Waals surface area contributed by atoms with E-state index in [-0.39, 0.29) is 16.7 Å². The first-order chi connectivity index (χ1) is 29.9. The predicted octanol–water partition coefficient (Wildman–Crippen LogP) is 11.2. The molecule has 4 heterocycles. The van der Waals surface area contributed by atoms with Gasteiger partial charge in [0.15, 0.2) is 11.6 Å². The van der Waals surface area contributed by atoms with Gasteiger partial charge < -0.3 is 9.13 Å². The van der Waals surface area contributed by atoms with Crippen LogP contribution in [0.4, 0.5) is 13.2 Å². The van der Waals surface area contributed by atoms with Gasteiger partial charge in [0.05, 0.1) is 62.3 Å². The maximum absolute atomic E-state index is 14.8. The summed E-state index contributed by atoms with van der Waals surface area (Å²) in [5.74, 6) is 3.12. The van der Waals surface area contributed by atoms with Crippen LogP contribution < -0.4 is 0 Å². The van der Waals surface area contributed by atoms with Gasteiger partial charge in [-0.05, 0) is 87.9 Å². The van der Waals surface area contributed by atoms with Crippen LogP contribution in [-0.2, 0) is 6.18 Å². The predicted molar refractivity (Wildman–Crippen MR) is 232 cm³/mol. The number of hydrogen-bond donors (Lipinski definition) is 0. The Balaban J connectivity index is 1.39. The molecule has 0 saturated carbocycles. The first-order valence-corrected chi connectivity index (χ1v) is 19.6. The minimum absolute atomic E-state index is 0.127. The van der Waals surface area contributed by atoms with Gasteiger partial charge in [-0.3, -0.25) is 0 Å². The molecule has 10 nitrogen and oxygen atoms in total. The van der Waals surface area contributed by atoms with Crippen molar-refractivity contribution in [1.82, 2.24) is 39.0 Å². The quantitative estimate of drug-likeness (QED) is 0.168. The van der Waals surface area contributed by atoms with Crippen LogP contribution in [0.15, 0.2) is 115 Å². The Morgan fingerprint density at radius 2 is 0.871 bits per heavy atom. The number of fused-ring (bicyclic) bond motifs is 6. The van der Waals surface area contributed by atoms with Crippen LogP contribution in [0.3, 0.4) is 0 Å².